The normalized spacial score (nSPS) is 27.2. The van der Waals surface area contributed by atoms with Crippen LogP contribution in [0.4, 0.5) is 0 Å². The van der Waals surface area contributed by atoms with Crippen molar-refractivity contribution in [1.82, 2.24) is 5.01 Å². The summed E-state index contributed by atoms with van der Waals surface area (Å²) in [5.74, 6) is 2.43. The molecule has 0 saturated heterocycles. The molecule has 1 fully saturated rings. The van der Waals surface area contributed by atoms with E-state index in [2.05, 4.69) is 48.3 Å². The molecule has 3 aliphatic rings. The summed E-state index contributed by atoms with van der Waals surface area (Å²) in [7, 11) is 1.70. The monoisotopic (exact) mass is 334 g/mol. The summed E-state index contributed by atoms with van der Waals surface area (Å²) < 4.78 is 11.9. The second kappa shape index (κ2) is 5.25. The molecule has 2 aromatic rings. The lowest BCUT2D eigenvalue weighted by Crippen LogP contribution is -2.52. The molecule has 0 N–H and O–H groups in total. The number of para-hydroxylation sites is 1. The number of methoxy groups -OCH3 is 1. The first kappa shape index (κ1) is 14.8. The van der Waals surface area contributed by atoms with E-state index in [0.717, 1.165) is 29.2 Å². The Kier molecular flexibility index (Phi) is 3.11. The topological polar surface area (TPSA) is 34.1 Å². The molecule has 25 heavy (non-hydrogen) atoms. The number of ether oxygens (including phenoxy) is 2. The van der Waals surface area contributed by atoms with E-state index >= 15 is 0 Å². The molecule has 0 radical (unpaired) electrons. The lowest BCUT2D eigenvalue weighted by atomic mass is 9.93. The quantitative estimate of drug-likeness (QED) is 0.836. The summed E-state index contributed by atoms with van der Waals surface area (Å²) in [6, 6.07) is 16.8. The van der Waals surface area contributed by atoms with Crippen LogP contribution in [0.1, 0.15) is 43.4 Å². The largest absolute Gasteiger partial charge is 0.497 e. The highest BCUT2D eigenvalue weighted by atomic mass is 16.5. The molecule has 5 rings (SSSR count). The van der Waals surface area contributed by atoms with Crippen molar-refractivity contribution in [2.24, 2.45) is 11.0 Å². The standard InChI is InChI=1S/C21H22N2O2/c1-21(15-10-11-15)23-19(17-8-3-4-9-20(17)25-21)13-18(22-23)14-6-5-7-16(12-14)24-2/h3-9,12,15,19H,10-11,13H2,1-2H3. The van der Waals surface area contributed by atoms with Crippen molar-refractivity contribution in [3.05, 3.63) is 59.7 Å². The average molecular weight is 334 g/mol. The first-order chi connectivity index (χ1) is 12.2. The van der Waals surface area contributed by atoms with Gasteiger partial charge in [0, 0.05) is 23.5 Å². The van der Waals surface area contributed by atoms with Crippen LogP contribution in [-0.2, 0) is 0 Å². The summed E-state index contributed by atoms with van der Waals surface area (Å²) in [5.41, 5.74) is 3.13. The van der Waals surface area contributed by atoms with Gasteiger partial charge in [0.25, 0.3) is 0 Å². The van der Waals surface area contributed by atoms with Gasteiger partial charge in [-0.25, -0.2) is 5.01 Å². The van der Waals surface area contributed by atoms with Crippen LogP contribution in [0, 0.1) is 5.92 Å². The van der Waals surface area contributed by atoms with E-state index < -0.39 is 0 Å². The number of hydrogen-bond acceptors (Lipinski definition) is 4. The lowest BCUT2D eigenvalue weighted by molar-refractivity contribution is -0.121. The van der Waals surface area contributed by atoms with E-state index in [1.54, 1.807) is 7.11 Å². The maximum atomic E-state index is 6.48. The molecule has 4 nitrogen and oxygen atoms in total. The van der Waals surface area contributed by atoms with Crippen LogP contribution < -0.4 is 9.47 Å². The van der Waals surface area contributed by atoms with Crippen molar-refractivity contribution in [2.75, 3.05) is 7.11 Å². The maximum absolute atomic E-state index is 6.48. The van der Waals surface area contributed by atoms with Crippen molar-refractivity contribution in [3.63, 3.8) is 0 Å². The molecule has 2 heterocycles. The predicted octanol–water partition coefficient (Wildman–Crippen LogP) is 4.36. The number of hydrazone groups is 1. The van der Waals surface area contributed by atoms with Gasteiger partial charge in [-0.1, -0.05) is 30.3 Å². The van der Waals surface area contributed by atoms with Crippen LogP contribution in [-0.4, -0.2) is 23.6 Å². The molecule has 128 valence electrons. The van der Waals surface area contributed by atoms with Gasteiger partial charge in [0.2, 0.25) is 0 Å². The molecular weight excluding hydrogens is 312 g/mol. The Morgan fingerprint density at radius 2 is 2.00 bits per heavy atom. The van der Waals surface area contributed by atoms with Crippen molar-refractivity contribution in [1.29, 1.82) is 0 Å². The first-order valence-corrected chi connectivity index (χ1v) is 8.98. The van der Waals surface area contributed by atoms with Gasteiger partial charge in [-0.05, 0) is 38.0 Å². The minimum atomic E-state index is -0.348. The van der Waals surface area contributed by atoms with E-state index in [9.17, 15) is 0 Å². The van der Waals surface area contributed by atoms with E-state index in [4.69, 9.17) is 14.6 Å². The summed E-state index contributed by atoms with van der Waals surface area (Å²) >= 11 is 0. The molecule has 2 atom stereocenters. The number of rotatable bonds is 3. The van der Waals surface area contributed by atoms with E-state index in [1.165, 1.54) is 18.4 Å². The number of benzene rings is 2. The Bertz CT molecular complexity index is 858. The fourth-order valence-electron chi connectivity index (χ4n) is 4.15. The lowest BCUT2D eigenvalue weighted by Gasteiger charge is -2.46. The maximum Gasteiger partial charge on any atom is 0.198 e. The molecular formula is C21H22N2O2. The SMILES string of the molecule is COc1cccc(C2=NN3C(C2)c2ccccc2OC3(C)C2CC2)c1. The zero-order valence-electron chi connectivity index (χ0n) is 14.6. The molecule has 1 aliphatic carbocycles. The van der Waals surface area contributed by atoms with Gasteiger partial charge in [0.1, 0.15) is 11.5 Å². The van der Waals surface area contributed by atoms with E-state index in [1.807, 2.05) is 12.1 Å². The molecule has 4 heteroatoms. The molecule has 2 unspecified atom stereocenters. The van der Waals surface area contributed by atoms with Gasteiger partial charge in [-0.15, -0.1) is 0 Å². The second-order valence-corrected chi connectivity index (χ2v) is 7.31. The highest BCUT2D eigenvalue weighted by Crippen LogP contribution is 2.54. The first-order valence-electron chi connectivity index (χ1n) is 8.98. The molecule has 2 aromatic carbocycles. The van der Waals surface area contributed by atoms with Gasteiger partial charge in [0.15, 0.2) is 5.72 Å². The van der Waals surface area contributed by atoms with Crippen molar-refractivity contribution in [3.8, 4) is 11.5 Å². The summed E-state index contributed by atoms with van der Waals surface area (Å²) in [5, 5.41) is 7.26. The fraction of sp³-hybridized carbons (Fsp3) is 0.381. The smallest absolute Gasteiger partial charge is 0.198 e. The Morgan fingerprint density at radius 1 is 1.16 bits per heavy atom. The van der Waals surface area contributed by atoms with Crippen LogP contribution in [0.3, 0.4) is 0 Å². The van der Waals surface area contributed by atoms with Gasteiger partial charge < -0.3 is 9.47 Å². The Labute approximate surface area is 148 Å². The number of hydrogen-bond donors (Lipinski definition) is 0. The molecule has 1 saturated carbocycles. The number of fused-ring (bicyclic) bond motifs is 3. The van der Waals surface area contributed by atoms with Gasteiger partial charge in [0.05, 0.1) is 18.9 Å². The molecule has 0 bridgehead atoms. The van der Waals surface area contributed by atoms with E-state index in [0.29, 0.717) is 5.92 Å². The zero-order chi connectivity index (χ0) is 17.0. The third-order valence-corrected chi connectivity index (χ3v) is 5.70. The van der Waals surface area contributed by atoms with Crippen molar-refractivity contribution >= 4 is 5.71 Å². The highest BCUT2D eigenvalue weighted by molar-refractivity contribution is 6.02. The van der Waals surface area contributed by atoms with Crippen LogP contribution >= 0.6 is 0 Å². The highest BCUT2D eigenvalue weighted by Gasteiger charge is 2.55. The second-order valence-electron chi connectivity index (χ2n) is 7.31. The Balaban J connectivity index is 1.59. The predicted molar refractivity (Wildman–Crippen MR) is 96.9 cm³/mol. The minimum Gasteiger partial charge on any atom is -0.497 e. The third-order valence-electron chi connectivity index (χ3n) is 5.70. The van der Waals surface area contributed by atoms with E-state index in [-0.39, 0.29) is 11.8 Å². The Morgan fingerprint density at radius 3 is 2.80 bits per heavy atom. The van der Waals surface area contributed by atoms with Gasteiger partial charge >= 0.3 is 0 Å². The molecule has 2 aliphatic heterocycles. The van der Waals surface area contributed by atoms with Crippen molar-refractivity contribution in [2.45, 2.75) is 38.0 Å². The summed E-state index contributed by atoms with van der Waals surface area (Å²) in [4.78, 5) is 0. The van der Waals surface area contributed by atoms with Crippen LogP contribution in [0.15, 0.2) is 53.6 Å². The molecule has 0 aromatic heterocycles. The van der Waals surface area contributed by atoms with Crippen LogP contribution in [0.5, 0.6) is 11.5 Å². The van der Waals surface area contributed by atoms with Gasteiger partial charge in [-0.3, -0.25) is 0 Å². The average Bonchev–Trinajstić information content (AvgIpc) is 3.41. The summed E-state index contributed by atoms with van der Waals surface area (Å²) in [6.45, 7) is 2.20. The molecule has 0 amide bonds. The van der Waals surface area contributed by atoms with Crippen LogP contribution in [0.25, 0.3) is 0 Å². The van der Waals surface area contributed by atoms with Gasteiger partial charge in [-0.2, -0.15) is 5.10 Å². The zero-order valence-corrected chi connectivity index (χ0v) is 14.6. The van der Waals surface area contributed by atoms with Crippen molar-refractivity contribution < 1.29 is 9.47 Å². The summed E-state index contributed by atoms with van der Waals surface area (Å²) in [6.07, 6.45) is 3.33. The third kappa shape index (κ3) is 2.24. The molecule has 0 spiro atoms. The minimum absolute atomic E-state index is 0.247. The Hall–Kier alpha value is -2.49. The van der Waals surface area contributed by atoms with Crippen LogP contribution in [0.2, 0.25) is 0 Å². The fourth-order valence-corrected chi connectivity index (χ4v) is 4.15. The number of nitrogens with zero attached hydrogens (tertiary/aromatic N) is 2.